The molecule has 1 rings (SSSR count). The summed E-state index contributed by atoms with van der Waals surface area (Å²) in [6.07, 6.45) is 0. The Hall–Kier alpha value is -1.06. The predicted molar refractivity (Wildman–Crippen MR) is 71.1 cm³/mol. The highest BCUT2D eigenvalue weighted by Gasteiger charge is 2.16. The van der Waals surface area contributed by atoms with Crippen LogP contribution in [0.25, 0.3) is 0 Å². The zero-order valence-electron chi connectivity index (χ0n) is 10.5. The molecule has 4 heteroatoms. The van der Waals surface area contributed by atoms with Gasteiger partial charge in [0.25, 0.3) is 0 Å². The van der Waals surface area contributed by atoms with E-state index in [-0.39, 0.29) is 11.9 Å². The fourth-order valence-corrected chi connectivity index (χ4v) is 1.86. The van der Waals surface area contributed by atoms with E-state index in [2.05, 4.69) is 5.32 Å². The Morgan fingerprint density at radius 3 is 2.71 bits per heavy atom. The number of benzene rings is 1. The van der Waals surface area contributed by atoms with Crippen molar-refractivity contribution in [3.05, 3.63) is 34.9 Å². The number of nitrogens with zero attached hydrogens (tertiary/aromatic N) is 1. The number of nitrogens with one attached hydrogen (secondary N) is 1. The van der Waals surface area contributed by atoms with Gasteiger partial charge in [-0.2, -0.15) is 0 Å². The fourth-order valence-electron chi connectivity index (χ4n) is 1.64. The quantitative estimate of drug-likeness (QED) is 0.875. The Labute approximate surface area is 108 Å². The van der Waals surface area contributed by atoms with Gasteiger partial charge in [-0.15, -0.1) is 0 Å². The highest BCUT2D eigenvalue weighted by atomic mass is 35.5. The van der Waals surface area contributed by atoms with Gasteiger partial charge in [-0.3, -0.25) is 4.79 Å². The topological polar surface area (TPSA) is 32.3 Å². The molecule has 0 fully saturated rings. The van der Waals surface area contributed by atoms with Gasteiger partial charge in [0.2, 0.25) is 5.91 Å². The summed E-state index contributed by atoms with van der Waals surface area (Å²) in [7, 11) is 1.77. The van der Waals surface area contributed by atoms with E-state index < -0.39 is 0 Å². The third-order valence-corrected chi connectivity index (χ3v) is 2.75. The first kappa shape index (κ1) is 14.0. The molecule has 0 heterocycles. The first-order valence-electron chi connectivity index (χ1n) is 5.73. The number of carbonyl (C=O) groups is 1. The van der Waals surface area contributed by atoms with Gasteiger partial charge in [0, 0.05) is 17.6 Å². The molecule has 0 spiro atoms. The number of carbonyl (C=O) groups excluding carboxylic acids is 1. The van der Waals surface area contributed by atoms with E-state index in [9.17, 15) is 4.79 Å². The second-order valence-corrected chi connectivity index (χ2v) is 4.71. The van der Waals surface area contributed by atoms with E-state index in [1.165, 1.54) is 0 Å². The molecule has 0 unspecified atom stereocenters. The summed E-state index contributed by atoms with van der Waals surface area (Å²) in [6.45, 7) is 4.98. The molecule has 0 aromatic heterocycles. The van der Waals surface area contributed by atoms with Crippen LogP contribution in [0.1, 0.15) is 19.4 Å². The lowest BCUT2D eigenvalue weighted by Gasteiger charge is -2.27. The lowest BCUT2D eigenvalue weighted by atomic mass is 10.2. The molecule has 0 aliphatic rings. The Kier molecular flexibility index (Phi) is 5.45. The van der Waals surface area contributed by atoms with Crippen molar-refractivity contribution in [1.29, 1.82) is 0 Å². The molecule has 0 saturated carbocycles. The van der Waals surface area contributed by atoms with Gasteiger partial charge in [0.1, 0.15) is 0 Å². The molecule has 0 radical (unpaired) electrons. The summed E-state index contributed by atoms with van der Waals surface area (Å²) in [5, 5.41) is 3.58. The van der Waals surface area contributed by atoms with Crippen LogP contribution < -0.4 is 5.32 Å². The van der Waals surface area contributed by atoms with Gasteiger partial charge in [-0.1, -0.05) is 23.7 Å². The fraction of sp³-hybridized carbons (Fsp3) is 0.462. The predicted octanol–water partition coefficient (Wildman–Crippen LogP) is 2.30. The number of rotatable bonds is 5. The van der Waals surface area contributed by atoms with Crippen molar-refractivity contribution in [2.75, 3.05) is 13.6 Å². The average Bonchev–Trinajstić information content (AvgIpc) is 2.26. The van der Waals surface area contributed by atoms with Crippen LogP contribution in [0.2, 0.25) is 5.02 Å². The molecule has 0 bridgehead atoms. The summed E-state index contributed by atoms with van der Waals surface area (Å²) < 4.78 is 0. The maximum atomic E-state index is 11.9. The van der Waals surface area contributed by atoms with E-state index in [4.69, 9.17) is 11.6 Å². The maximum Gasteiger partial charge on any atom is 0.237 e. The van der Waals surface area contributed by atoms with Crippen LogP contribution in [0.3, 0.4) is 0 Å². The van der Waals surface area contributed by atoms with E-state index in [0.29, 0.717) is 18.1 Å². The van der Waals surface area contributed by atoms with E-state index in [0.717, 1.165) is 5.56 Å². The average molecular weight is 255 g/mol. The molecular weight excluding hydrogens is 236 g/mol. The zero-order valence-corrected chi connectivity index (χ0v) is 11.3. The summed E-state index contributed by atoms with van der Waals surface area (Å²) in [4.78, 5) is 13.7. The third-order valence-electron chi connectivity index (χ3n) is 2.51. The monoisotopic (exact) mass is 254 g/mol. The van der Waals surface area contributed by atoms with E-state index >= 15 is 0 Å². The molecule has 3 nitrogen and oxygen atoms in total. The minimum atomic E-state index is 0.0995. The standard InChI is InChI=1S/C13H19ClN2O/c1-10(2)16(13(17)8-15-3)9-11-5-4-6-12(14)7-11/h4-7,10,15H,8-9H2,1-3H3. The normalized spacial score (nSPS) is 10.6. The number of halogens is 1. The highest BCUT2D eigenvalue weighted by Crippen LogP contribution is 2.14. The van der Waals surface area contributed by atoms with Gasteiger partial charge in [-0.05, 0) is 38.6 Å². The maximum absolute atomic E-state index is 11.9. The smallest absolute Gasteiger partial charge is 0.237 e. The molecule has 94 valence electrons. The molecule has 0 aliphatic carbocycles. The van der Waals surface area contributed by atoms with Gasteiger partial charge in [0.15, 0.2) is 0 Å². The molecule has 1 amide bonds. The van der Waals surface area contributed by atoms with Crippen LogP contribution >= 0.6 is 11.6 Å². The molecule has 1 aromatic rings. The lowest BCUT2D eigenvalue weighted by molar-refractivity contribution is -0.132. The molecule has 0 saturated heterocycles. The second kappa shape index (κ2) is 6.62. The molecule has 17 heavy (non-hydrogen) atoms. The Morgan fingerprint density at radius 2 is 2.18 bits per heavy atom. The van der Waals surface area contributed by atoms with Crippen LogP contribution in [-0.2, 0) is 11.3 Å². The first-order valence-corrected chi connectivity index (χ1v) is 6.11. The van der Waals surface area contributed by atoms with Gasteiger partial charge >= 0.3 is 0 Å². The Bertz CT molecular complexity index is 379. The van der Waals surface area contributed by atoms with Crippen molar-refractivity contribution in [3.63, 3.8) is 0 Å². The summed E-state index contributed by atoms with van der Waals surface area (Å²) in [5.41, 5.74) is 1.05. The van der Waals surface area contributed by atoms with Gasteiger partial charge in [-0.25, -0.2) is 0 Å². The van der Waals surface area contributed by atoms with Crippen molar-refractivity contribution >= 4 is 17.5 Å². The SMILES string of the molecule is CNCC(=O)N(Cc1cccc(Cl)c1)C(C)C. The molecule has 1 aromatic carbocycles. The highest BCUT2D eigenvalue weighted by molar-refractivity contribution is 6.30. The van der Waals surface area contributed by atoms with E-state index in [1.807, 2.05) is 43.0 Å². The van der Waals surface area contributed by atoms with Crippen molar-refractivity contribution in [2.24, 2.45) is 0 Å². The number of hydrogen-bond donors (Lipinski definition) is 1. The minimum Gasteiger partial charge on any atom is -0.335 e. The summed E-state index contributed by atoms with van der Waals surface area (Å²) >= 11 is 5.93. The van der Waals surface area contributed by atoms with E-state index in [1.54, 1.807) is 7.05 Å². The van der Waals surface area contributed by atoms with Crippen LogP contribution in [-0.4, -0.2) is 30.4 Å². The number of hydrogen-bond acceptors (Lipinski definition) is 2. The van der Waals surface area contributed by atoms with Crippen LogP contribution in [0, 0.1) is 0 Å². The minimum absolute atomic E-state index is 0.0995. The Morgan fingerprint density at radius 1 is 1.47 bits per heavy atom. The van der Waals surface area contributed by atoms with Crippen molar-refractivity contribution < 1.29 is 4.79 Å². The van der Waals surface area contributed by atoms with Gasteiger partial charge < -0.3 is 10.2 Å². The summed E-state index contributed by atoms with van der Waals surface area (Å²) in [6, 6.07) is 7.78. The van der Waals surface area contributed by atoms with Crippen molar-refractivity contribution in [3.8, 4) is 0 Å². The van der Waals surface area contributed by atoms with Crippen LogP contribution in [0.15, 0.2) is 24.3 Å². The molecule has 1 N–H and O–H groups in total. The molecular formula is C13H19ClN2O. The number of amides is 1. The second-order valence-electron chi connectivity index (χ2n) is 4.28. The lowest BCUT2D eigenvalue weighted by Crippen LogP contribution is -2.41. The summed E-state index contributed by atoms with van der Waals surface area (Å²) in [5.74, 6) is 0.0995. The third kappa shape index (κ3) is 4.36. The van der Waals surface area contributed by atoms with Crippen molar-refractivity contribution in [1.82, 2.24) is 10.2 Å². The Balaban J connectivity index is 2.76. The van der Waals surface area contributed by atoms with Crippen molar-refractivity contribution in [2.45, 2.75) is 26.4 Å². The molecule has 0 atom stereocenters. The zero-order chi connectivity index (χ0) is 12.8. The number of likely N-dealkylation sites (N-methyl/N-ethyl adjacent to an activating group) is 1. The molecule has 0 aliphatic heterocycles. The van der Waals surface area contributed by atoms with Gasteiger partial charge in [0.05, 0.1) is 6.54 Å². The largest absolute Gasteiger partial charge is 0.335 e. The first-order chi connectivity index (χ1) is 8.04. The van der Waals surface area contributed by atoms with Crippen LogP contribution in [0.4, 0.5) is 0 Å². The van der Waals surface area contributed by atoms with Crippen LogP contribution in [0.5, 0.6) is 0 Å².